The lowest BCUT2D eigenvalue weighted by Crippen LogP contribution is -2.44. The number of rotatable bonds is 3. The summed E-state index contributed by atoms with van der Waals surface area (Å²) in [4.78, 5) is 25.0. The smallest absolute Gasteiger partial charge is 0.255 e. The van der Waals surface area contributed by atoms with Gasteiger partial charge in [0.2, 0.25) is 5.91 Å². The number of carbonyl (C=O) groups excluding carboxylic acids is 2. The van der Waals surface area contributed by atoms with Crippen LogP contribution in [0.4, 0.5) is 0 Å². The Morgan fingerprint density at radius 3 is 2.35 bits per heavy atom. The first-order chi connectivity index (χ1) is 7.84. The first-order valence-electron chi connectivity index (χ1n) is 5.38. The van der Waals surface area contributed by atoms with Gasteiger partial charge in [0.15, 0.2) is 0 Å². The van der Waals surface area contributed by atoms with E-state index < -0.39 is 6.04 Å². The number of likely N-dealkylation sites (N-methyl/N-ethyl adjacent to an activating group) is 1. The third-order valence-electron chi connectivity index (χ3n) is 2.51. The van der Waals surface area contributed by atoms with Gasteiger partial charge in [0, 0.05) is 19.8 Å². The average molecular weight is 238 g/mol. The molecule has 17 heavy (non-hydrogen) atoms. The molecule has 1 rings (SSSR count). The second-order valence-corrected chi connectivity index (χ2v) is 4.24. The molecule has 0 radical (unpaired) electrons. The number of aromatic nitrogens is 2. The summed E-state index contributed by atoms with van der Waals surface area (Å²) in [5.74, 6) is -0.423. The van der Waals surface area contributed by atoms with Gasteiger partial charge in [-0.1, -0.05) is 0 Å². The van der Waals surface area contributed by atoms with E-state index in [0.29, 0.717) is 17.0 Å². The predicted molar refractivity (Wildman–Crippen MR) is 63.7 cm³/mol. The lowest BCUT2D eigenvalue weighted by Gasteiger charge is -2.17. The fourth-order valence-corrected chi connectivity index (χ4v) is 1.60. The Morgan fingerprint density at radius 2 is 1.94 bits per heavy atom. The van der Waals surface area contributed by atoms with Gasteiger partial charge in [-0.15, -0.1) is 0 Å². The van der Waals surface area contributed by atoms with Crippen molar-refractivity contribution in [3.63, 3.8) is 0 Å². The van der Waals surface area contributed by atoms with Crippen LogP contribution in [-0.2, 0) is 4.79 Å². The van der Waals surface area contributed by atoms with Crippen molar-refractivity contribution >= 4 is 11.8 Å². The minimum absolute atomic E-state index is 0.142. The number of nitrogens with zero attached hydrogens (tertiary/aromatic N) is 2. The Hall–Kier alpha value is -1.85. The highest BCUT2D eigenvalue weighted by Crippen LogP contribution is 2.09. The molecule has 0 aliphatic heterocycles. The van der Waals surface area contributed by atoms with Crippen molar-refractivity contribution in [1.82, 2.24) is 20.4 Å². The van der Waals surface area contributed by atoms with Crippen LogP contribution in [-0.4, -0.2) is 47.0 Å². The van der Waals surface area contributed by atoms with Crippen LogP contribution < -0.4 is 5.32 Å². The second-order valence-electron chi connectivity index (χ2n) is 4.24. The highest BCUT2D eigenvalue weighted by molar-refractivity contribution is 5.99. The van der Waals surface area contributed by atoms with Crippen molar-refractivity contribution in [2.24, 2.45) is 0 Å². The van der Waals surface area contributed by atoms with Gasteiger partial charge in [-0.3, -0.25) is 14.7 Å². The van der Waals surface area contributed by atoms with Gasteiger partial charge in [0.05, 0.1) is 11.3 Å². The number of carbonyl (C=O) groups is 2. The van der Waals surface area contributed by atoms with E-state index in [1.807, 2.05) is 0 Å². The van der Waals surface area contributed by atoms with Crippen LogP contribution >= 0.6 is 0 Å². The van der Waals surface area contributed by atoms with Gasteiger partial charge in [0.25, 0.3) is 5.91 Å². The van der Waals surface area contributed by atoms with Crippen molar-refractivity contribution in [2.45, 2.75) is 26.8 Å². The summed E-state index contributed by atoms with van der Waals surface area (Å²) in [6.45, 7) is 5.18. The molecule has 1 heterocycles. The zero-order chi connectivity index (χ0) is 13.2. The van der Waals surface area contributed by atoms with Crippen molar-refractivity contribution < 1.29 is 9.59 Å². The number of amides is 2. The highest BCUT2D eigenvalue weighted by atomic mass is 16.2. The maximum Gasteiger partial charge on any atom is 0.255 e. The van der Waals surface area contributed by atoms with E-state index >= 15 is 0 Å². The van der Waals surface area contributed by atoms with Crippen LogP contribution in [0.3, 0.4) is 0 Å². The molecule has 1 unspecified atom stereocenters. The molecule has 94 valence electrons. The molecule has 0 bridgehead atoms. The van der Waals surface area contributed by atoms with Crippen LogP contribution in [0.15, 0.2) is 0 Å². The van der Waals surface area contributed by atoms with E-state index in [9.17, 15) is 9.59 Å². The SMILES string of the molecule is Cc1n[nH]c(C)c1C(=O)NC(C)C(=O)N(C)C. The molecule has 1 aromatic rings. The molecule has 6 nitrogen and oxygen atoms in total. The summed E-state index contributed by atoms with van der Waals surface area (Å²) in [5.41, 5.74) is 1.83. The quantitative estimate of drug-likeness (QED) is 0.791. The topological polar surface area (TPSA) is 78.1 Å². The number of aryl methyl sites for hydroxylation is 2. The Labute approximate surface area is 100 Å². The van der Waals surface area contributed by atoms with Crippen LogP contribution in [0.5, 0.6) is 0 Å². The van der Waals surface area contributed by atoms with Crippen LogP contribution in [0, 0.1) is 13.8 Å². The monoisotopic (exact) mass is 238 g/mol. The fraction of sp³-hybridized carbons (Fsp3) is 0.545. The average Bonchev–Trinajstić information content (AvgIpc) is 2.56. The number of hydrogen-bond donors (Lipinski definition) is 2. The third kappa shape index (κ3) is 2.83. The zero-order valence-corrected chi connectivity index (χ0v) is 10.8. The van der Waals surface area contributed by atoms with Gasteiger partial charge in [-0.05, 0) is 20.8 Å². The van der Waals surface area contributed by atoms with Gasteiger partial charge >= 0.3 is 0 Å². The van der Waals surface area contributed by atoms with Gasteiger partial charge in [0.1, 0.15) is 6.04 Å². The molecular formula is C11H18N4O2. The molecule has 1 aromatic heterocycles. The van der Waals surface area contributed by atoms with E-state index in [0.717, 1.165) is 0 Å². The van der Waals surface area contributed by atoms with Gasteiger partial charge in [-0.25, -0.2) is 0 Å². The summed E-state index contributed by atoms with van der Waals surface area (Å²) in [6.07, 6.45) is 0. The molecule has 1 atom stereocenters. The standard InChI is InChI=1S/C11H18N4O2/c1-6-9(7(2)14-13-6)10(16)12-8(3)11(17)15(4)5/h8H,1-5H3,(H,12,16)(H,13,14). The Bertz CT molecular complexity index is 417. The molecular weight excluding hydrogens is 220 g/mol. The minimum atomic E-state index is -0.550. The molecule has 6 heteroatoms. The number of hydrogen-bond acceptors (Lipinski definition) is 3. The summed E-state index contributed by atoms with van der Waals surface area (Å²) >= 11 is 0. The molecule has 0 fully saturated rings. The van der Waals surface area contributed by atoms with Crippen LogP contribution in [0.25, 0.3) is 0 Å². The maximum absolute atomic E-state index is 11.9. The summed E-state index contributed by atoms with van der Waals surface area (Å²) in [6, 6.07) is -0.550. The molecule has 0 aliphatic rings. The molecule has 0 saturated carbocycles. The summed E-state index contributed by atoms with van der Waals surface area (Å²) < 4.78 is 0. The van der Waals surface area contributed by atoms with E-state index in [4.69, 9.17) is 0 Å². The Kier molecular flexibility index (Phi) is 3.88. The normalized spacial score (nSPS) is 12.1. The predicted octanol–water partition coefficient (Wildman–Crippen LogP) is 0.233. The lowest BCUT2D eigenvalue weighted by atomic mass is 10.1. The summed E-state index contributed by atoms with van der Waals surface area (Å²) in [7, 11) is 3.30. The first kappa shape index (κ1) is 13.2. The summed E-state index contributed by atoms with van der Waals surface area (Å²) in [5, 5.41) is 9.34. The highest BCUT2D eigenvalue weighted by Gasteiger charge is 2.21. The first-order valence-corrected chi connectivity index (χ1v) is 5.38. The Morgan fingerprint density at radius 1 is 1.35 bits per heavy atom. The minimum Gasteiger partial charge on any atom is -0.347 e. The van der Waals surface area contributed by atoms with Crippen molar-refractivity contribution in [2.75, 3.05) is 14.1 Å². The van der Waals surface area contributed by atoms with E-state index in [1.165, 1.54) is 4.90 Å². The second kappa shape index (κ2) is 4.99. The number of nitrogens with one attached hydrogen (secondary N) is 2. The molecule has 0 spiro atoms. The zero-order valence-electron chi connectivity index (χ0n) is 10.8. The maximum atomic E-state index is 11.9. The van der Waals surface area contributed by atoms with Crippen molar-refractivity contribution in [3.05, 3.63) is 17.0 Å². The van der Waals surface area contributed by atoms with Crippen molar-refractivity contribution in [1.29, 1.82) is 0 Å². The lowest BCUT2D eigenvalue weighted by molar-refractivity contribution is -0.130. The molecule has 0 aliphatic carbocycles. The molecule has 0 aromatic carbocycles. The largest absolute Gasteiger partial charge is 0.347 e. The van der Waals surface area contributed by atoms with E-state index in [1.54, 1.807) is 34.9 Å². The molecule has 2 N–H and O–H groups in total. The molecule has 2 amide bonds. The fourth-order valence-electron chi connectivity index (χ4n) is 1.60. The third-order valence-corrected chi connectivity index (χ3v) is 2.51. The van der Waals surface area contributed by atoms with Crippen LogP contribution in [0.1, 0.15) is 28.7 Å². The van der Waals surface area contributed by atoms with Crippen molar-refractivity contribution in [3.8, 4) is 0 Å². The van der Waals surface area contributed by atoms with Gasteiger partial charge < -0.3 is 10.2 Å². The van der Waals surface area contributed by atoms with E-state index in [2.05, 4.69) is 15.5 Å². The number of H-pyrrole nitrogens is 1. The molecule has 0 saturated heterocycles. The Balaban J connectivity index is 2.77. The van der Waals surface area contributed by atoms with Crippen LogP contribution in [0.2, 0.25) is 0 Å². The number of aromatic amines is 1. The van der Waals surface area contributed by atoms with Gasteiger partial charge in [-0.2, -0.15) is 5.10 Å². The van der Waals surface area contributed by atoms with E-state index in [-0.39, 0.29) is 11.8 Å².